The SMILES string of the molecule is C=C(C)CNC(=NCc1ccc(Cl)c(C)c1)NCC(=O)N(C)C.I. The number of nitrogens with zero attached hydrogens (tertiary/aromatic N) is 2. The van der Waals surface area contributed by atoms with Crippen LogP contribution in [0.3, 0.4) is 0 Å². The van der Waals surface area contributed by atoms with Crippen LogP contribution in [0, 0.1) is 6.92 Å². The van der Waals surface area contributed by atoms with E-state index in [0.29, 0.717) is 19.0 Å². The van der Waals surface area contributed by atoms with E-state index in [2.05, 4.69) is 22.2 Å². The van der Waals surface area contributed by atoms with Crippen molar-refractivity contribution in [2.24, 2.45) is 4.99 Å². The van der Waals surface area contributed by atoms with Crippen molar-refractivity contribution in [2.75, 3.05) is 27.2 Å². The summed E-state index contributed by atoms with van der Waals surface area (Å²) in [5, 5.41) is 6.93. The lowest BCUT2D eigenvalue weighted by atomic mass is 10.1. The maximum Gasteiger partial charge on any atom is 0.241 e. The van der Waals surface area contributed by atoms with Crippen molar-refractivity contribution in [1.82, 2.24) is 15.5 Å². The molecule has 0 saturated carbocycles. The molecule has 0 aliphatic rings. The molecule has 0 aliphatic heterocycles. The predicted octanol–water partition coefficient (Wildman–Crippen LogP) is 2.97. The topological polar surface area (TPSA) is 56.7 Å². The number of amides is 1. The number of hydrogen-bond acceptors (Lipinski definition) is 2. The highest BCUT2D eigenvalue weighted by Crippen LogP contribution is 2.16. The fraction of sp³-hybridized carbons (Fsp3) is 0.412. The molecule has 2 N–H and O–H groups in total. The third kappa shape index (κ3) is 8.54. The molecule has 0 fully saturated rings. The Labute approximate surface area is 166 Å². The molecule has 0 heterocycles. The molecule has 24 heavy (non-hydrogen) atoms. The van der Waals surface area contributed by atoms with Crippen LogP contribution in [0.1, 0.15) is 18.1 Å². The average Bonchev–Trinajstić information content (AvgIpc) is 2.49. The number of carbonyl (C=O) groups is 1. The number of carbonyl (C=O) groups excluding carboxylic acids is 1. The van der Waals surface area contributed by atoms with Crippen LogP contribution in [0.5, 0.6) is 0 Å². The average molecular weight is 465 g/mol. The lowest BCUT2D eigenvalue weighted by Crippen LogP contribution is -2.43. The van der Waals surface area contributed by atoms with Crippen molar-refractivity contribution in [3.63, 3.8) is 0 Å². The molecule has 1 rings (SSSR count). The molecule has 0 bridgehead atoms. The van der Waals surface area contributed by atoms with Gasteiger partial charge in [-0.25, -0.2) is 4.99 Å². The second-order valence-electron chi connectivity index (χ2n) is 5.70. The van der Waals surface area contributed by atoms with Gasteiger partial charge < -0.3 is 15.5 Å². The first kappa shape index (κ1) is 22.7. The van der Waals surface area contributed by atoms with E-state index in [9.17, 15) is 4.79 Å². The molecule has 0 saturated heterocycles. The summed E-state index contributed by atoms with van der Waals surface area (Å²) in [6.45, 7) is 9.03. The van der Waals surface area contributed by atoms with Gasteiger partial charge in [-0.15, -0.1) is 24.0 Å². The summed E-state index contributed by atoms with van der Waals surface area (Å²) in [5.74, 6) is 0.563. The highest BCUT2D eigenvalue weighted by atomic mass is 127. The van der Waals surface area contributed by atoms with Crippen molar-refractivity contribution in [3.8, 4) is 0 Å². The Bertz CT molecular complexity index is 602. The fourth-order valence-electron chi connectivity index (χ4n) is 1.70. The molecule has 5 nitrogen and oxygen atoms in total. The third-order valence-electron chi connectivity index (χ3n) is 3.11. The second kappa shape index (κ2) is 11.3. The Kier molecular flexibility index (Phi) is 10.7. The summed E-state index contributed by atoms with van der Waals surface area (Å²) in [6, 6.07) is 5.82. The molecule has 0 unspecified atom stereocenters. The molecular formula is C17H26ClIN4O. The molecule has 1 amide bonds. The number of nitrogens with one attached hydrogen (secondary N) is 2. The number of hydrogen-bond donors (Lipinski definition) is 2. The first-order valence-electron chi connectivity index (χ1n) is 7.41. The molecule has 0 aliphatic carbocycles. The monoisotopic (exact) mass is 464 g/mol. The highest BCUT2D eigenvalue weighted by Gasteiger charge is 2.06. The zero-order chi connectivity index (χ0) is 17.4. The minimum Gasteiger partial charge on any atom is -0.353 e. The van der Waals surface area contributed by atoms with Gasteiger partial charge >= 0.3 is 0 Å². The van der Waals surface area contributed by atoms with E-state index in [1.54, 1.807) is 14.1 Å². The minimum atomic E-state index is -0.0165. The second-order valence-corrected chi connectivity index (χ2v) is 6.11. The smallest absolute Gasteiger partial charge is 0.241 e. The van der Waals surface area contributed by atoms with Crippen LogP contribution in [0.2, 0.25) is 5.02 Å². The first-order chi connectivity index (χ1) is 10.8. The van der Waals surface area contributed by atoms with Crippen molar-refractivity contribution in [2.45, 2.75) is 20.4 Å². The molecule has 1 aromatic carbocycles. The molecule has 0 atom stereocenters. The maximum absolute atomic E-state index is 11.7. The number of aliphatic imine (C=N–C) groups is 1. The molecule has 0 spiro atoms. The summed E-state index contributed by atoms with van der Waals surface area (Å²) in [6.07, 6.45) is 0. The van der Waals surface area contributed by atoms with Gasteiger partial charge in [0.2, 0.25) is 5.91 Å². The number of aryl methyl sites for hydroxylation is 1. The van der Waals surface area contributed by atoms with Crippen LogP contribution < -0.4 is 10.6 Å². The van der Waals surface area contributed by atoms with Gasteiger partial charge in [0.1, 0.15) is 0 Å². The van der Waals surface area contributed by atoms with Crippen LogP contribution in [-0.2, 0) is 11.3 Å². The van der Waals surface area contributed by atoms with E-state index in [4.69, 9.17) is 11.6 Å². The number of benzene rings is 1. The third-order valence-corrected chi connectivity index (χ3v) is 3.53. The standard InChI is InChI=1S/C17H25ClN4O.HI/c1-12(2)9-19-17(21-11-16(23)22(4)5)20-10-14-6-7-15(18)13(3)8-14;/h6-8H,1,9-11H2,2-5H3,(H2,19,20,21);1H. The van der Waals surface area contributed by atoms with Gasteiger partial charge in [0.25, 0.3) is 0 Å². The molecular weight excluding hydrogens is 439 g/mol. The fourth-order valence-corrected chi connectivity index (χ4v) is 1.82. The molecule has 134 valence electrons. The van der Waals surface area contributed by atoms with Gasteiger partial charge in [0, 0.05) is 25.7 Å². The molecule has 0 aromatic heterocycles. The summed E-state index contributed by atoms with van der Waals surface area (Å²) in [5.41, 5.74) is 3.06. The summed E-state index contributed by atoms with van der Waals surface area (Å²) in [4.78, 5) is 17.7. The lowest BCUT2D eigenvalue weighted by Gasteiger charge is -2.15. The van der Waals surface area contributed by atoms with Crippen molar-refractivity contribution < 1.29 is 4.79 Å². The van der Waals surface area contributed by atoms with E-state index in [1.807, 2.05) is 32.0 Å². The van der Waals surface area contributed by atoms with Crippen molar-refractivity contribution in [1.29, 1.82) is 0 Å². The van der Waals surface area contributed by atoms with E-state index in [-0.39, 0.29) is 36.4 Å². The highest BCUT2D eigenvalue weighted by molar-refractivity contribution is 14.0. The molecule has 0 radical (unpaired) electrons. The van der Waals surface area contributed by atoms with Gasteiger partial charge in [0.15, 0.2) is 5.96 Å². The molecule has 1 aromatic rings. The van der Waals surface area contributed by atoms with Gasteiger partial charge in [-0.1, -0.05) is 35.9 Å². The Morgan fingerprint density at radius 3 is 2.46 bits per heavy atom. The Balaban J connectivity index is 0.00000529. The van der Waals surface area contributed by atoms with Crippen molar-refractivity contribution in [3.05, 3.63) is 46.5 Å². The Morgan fingerprint density at radius 1 is 1.29 bits per heavy atom. The van der Waals surface area contributed by atoms with Crippen LogP contribution in [-0.4, -0.2) is 44.0 Å². The first-order valence-corrected chi connectivity index (χ1v) is 7.79. The minimum absolute atomic E-state index is 0. The lowest BCUT2D eigenvalue weighted by molar-refractivity contribution is -0.127. The van der Waals surface area contributed by atoms with Crippen LogP contribution in [0.25, 0.3) is 0 Å². The Morgan fingerprint density at radius 2 is 1.92 bits per heavy atom. The van der Waals surface area contributed by atoms with E-state index in [1.165, 1.54) is 4.90 Å². The number of guanidine groups is 1. The Hall–Kier alpha value is -1.28. The number of likely N-dealkylation sites (N-methyl/N-ethyl adjacent to an activating group) is 1. The summed E-state index contributed by atoms with van der Waals surface area (Å²) >= 11 is 6.03. The van der Waals surface area contributed by atoms with Crippen LogP contribution >= 0.6 is 35.6 Å². The van der Waals surface area contributed by atoms with E-state index >= 15 is 0 Å². The van der Waals surface area contributed by atoms with Gasteiger partial charge in [0.05, 0.1) is 13.1 Å². The van der Waals surface area contributed by atoms with Crippen LogP contribution in [0.15, 0.2) is 35.3 Å². The van der Waals surface area contributed by atoms with E-state index in [0.717, 1.165) is 21.7 Å². The zero-order valence-corrected chi connectivity index (χ0v) is 17.7. The zero-order valence-electron chi connectivity index (χ0n) is 14.6. The summed E-state index contributed by atoms with van der Waals surface area (Å²) in [7, 11) is 3.44. The largest absolute Gasteiger partial charge is 0.353 e. The van der Waals surface area contributed by atoms with Crippen molar-refractivity contribution >= 4 is 47.4 Å². The van der Waals surface area contributed by atoms with E-state index < -0.39 is 0 Å². The number of halogens is 2. The number of rotatable bonds is 6. The van der Waals surface area contributed by atoms with Crippen LogP contribution in [0.4, 0.5) is 0 Å². The van der Waals surface area contributed by atoms with Gasteiger partial charge in [-0.3, -0.25) is 4.79 Å². The summed E-state index contributed by atoms with van der Waals surface area (Å²) < 4.78 is 0. The quantitative estimate of drug-likeness (QED) is 0.295. The maximum atomic E-state index is 11.7. The van der Waals surface area contributed by atoms with Gasteiger partial charge in [-0.2, -0.15) is 0 Å². The van der Waals surface area contributed by atoms with Gasteiger partial charge in [-0.05, 0) is 31.0 Å². The predicted molar refractivity (Wildman–Crippen MR) is 112 cm³/mol. The molecule has 7 heteroatoms. The normalized spacial score (nSPS) is 10.6.